The van der Waals surface area contributed by atoms with E-state index in [4.69, 9.17) is 9.47 Å². The van der Waals surface area contributed by atoms with Crippen molar-refractivity contribution in [1.29, 1.82) is 0 Å². The van der Waals surface area contributed by atoms with Gasteiger partial charge in [0.2, 0.25) is 5.82 Å². The summed E-state index contributed by atoms with van der Waals surface area (Å²) >= 11 is 0. The molecular weight excluding hydrogens is 377 g/mol. The highest BCUT2D eigenvalue weighted by molar-refractivity contribution is 5.33. The monoisotopic (exact) mass is 410 g/mol. The van der Waals surface area contributed by atoms with Gasteiger partial charge in [-0.25, -0.2) is 8.78 Å². The van der Waals surface area contributed by atoms with Crippen LogP contribution < -0.4 is 4.74 Å². The Kier molecular flexibility index (Phi) is 8.05. The Labute approximate surface area is 172 Å². The molecule has 1 saturated heterocycles. The number of hydrogen-bond donors (Lipinski definition) is 0. The molecular formula is C24H33F3O2. The molecule has 0 amide bonds. The Morgan fingerprint density at radius 3 is 2.48 bits per heavy atom. The van der Waals surface area contributed by atoms with Crippen LogP contribution in [0.4, 0.5) is 13.2 Å². The molecule has 29 heavy (non-hydrogen) atoms. The molecule has 2 atom stereocenters. The van der Waals surface area contributed by atoms with Crippen molar-refractivity contribution in [3.63, 3.8) is 0 Å². The second-order valence-corrected chi connectivity index (χ2v) is 8.51. The van der Waals surface area contributed by atoms with Gasteiger partial charge in [0.1, 0.15) is 0 Å². The number of halogens is 3. The quantitative estimate of drug-likeness (QED) is 0.478. The molecule has 1 aromatic rings. The van der Waals surface area contributed by atoms with E-state index in [1.54, 1.807) is 19.1 Å². The molecule has 1 saturated carbocycles. The Morgan fingerprint density at radius 2 is 1.86 bits per heavy atom. The van der Waals surface area contributed by atoms with Crippen molar-refractivity contribution in [1.82, 2.24) is 0 Å². The standard InChI is InChI=1S/C24H33F3O2/c1-3-28-22-14-12-20(23(26)24(22)27)19-11-13-21(29-15-19)18-9-7-17(8-10-18)6-4-5-16(2)25/h5,12,14,17-19,21H,3-4,6-11,13,15H2,1-2H3. The molecule has 1 aliphatic carbocycles. The van der Waals surface area contributed by atoms with Crippen molar-refractivity contribution in [2.45, 2.75) is 77.2 Å². The third-order valence-electron chi connectivity index (χ3n) is 6.55. The molecule has 0 spiro atoms. The molecule has 5 heteroatoms. The van der Waals surface area contributed by atoms with Gasteiger partial charge in [0.25, 0.3) is 0 Å². The Hall–Kier alpha value is -1.49. The number of rotatable bonds is 7. The lowest BCUT2D eigenvalue weighted by atomic mass is 9.75. The van der Waals surface area contributed by atoms with Gasteiger partial charge in [-0.05, 0) is 75.8 Å². The summed E-state index contributed by atoms with van der Waals surface area (Å²) in [5, 5.41) is 0. The van der Waals surface area contributed by atoms with Crippen LogP contribution in [-0.4, -0.2) is 19.3 Å². The summed E-state index contributed by atoms with van der Waals surface area (Å²) < 4.78 is 52.7. The SMILES string of the molecule is CCOc1ccc(C2CCC(C3CCC(CCC=C(C)F)CC3)OC2)c(F)c1F. The molecule has 2 aliphatic rings. The predicted octanol–water partition coefficient (Wildman–Crippen LogP) is 7.09. The zero-order chi connectivity index (χ0) is 20.8. The highest BCUT2D eigenvalue weighted by Gasteiger charge is 2.33. The minimum absolute atomic E-state index is 0.0303. The summed E-state index contributed by atoms with van der Waals surface area (Å²) in [6, 6.07) is 3.15. The highest BCUT2D eigenvalue weighted by Crippen LogP contribution is 2.40. The molecule has 1 heterocycles. The van der Waals surface area contributed by atoms with Gasteiger partial charge in [0, 0.05) is 5.92 Å². The first-order valence-electron chi connectivity index (χ1n) is 11.0. The van der Waals surface area contributed by atoms with E-state index in [2.05, 4.69) is 0 Å². The number of allylic oxidation sites excluding steroid dienone is 2. The summed E-state index contributed by atoms with van der Waals surface area (Å²) in [7, 11) is 0. The first-order chi connectivity index (χ1) is 14.0. The summed E-state index contributed by atoms with van der Waals surface area (Å²) in [6.07, 6.45) is 10.1. The van der Waals surface area contributed by atoms with E-state index in [0.29, 0.717) is 30.6 Å². The van der Waals surface area contributed by atoms with E-state index in [0.717, 1.165) is 38.5 Å². The van der Waals surface area contributed by atoms with Crippen LogP contribution in [0.5, 0.6) is 5.75 Å². The van der Waals surface area contributed by atoms with Crippen LogP contribution in [0, 0.1) is 23.5 Å². The van der Waals surface area contributed by atoms with Gasteiger partial charge in [-0.15, -0.1) is 0 Å². The van der Waals surface area contributed by atoms with Gasteiger partial charge in [0.15, 0.2) is 11.6 Å². The first-order valence-corrected chi connectivity index (χ1v) is 11.0. The summed E-state index contributed by atoms with van der Waals surface area (Å²) in [6.45, 7) is 3.99. The van der Waals surface area contributed by atoms with E-state index in [-0.39, 0.29) is 23.6 Å². The van der Waals surface area contributed by atoms with Crippen molar-refractivity contribution in [2.75, 3.05) is 13.2 Å². The van der Waals surface area contributed by atoms with Crippen LogP contribution in [0.15, 0.2) is 24.0 Å². The fraction of sp³-hybridized carbons (Fsp3) is 0.667. The van der Waals surface area contributed by atoms with Crippen LogP contribution in [0.1, 0.15) is 76.7 Å². The lowest BCUT2D eigenvalue weighted by Gasteiger charge is -2.38. The third-order valence-corrected chi connectivity index (χ3v) is 6.55. The highest BCUT2D eigenvalue weighted by atomic mass is 19.2. The minimum Gasteiger partial charge on any atom is -0.491 e. The second kappa shape index (κ2) is 10.5. The van der Waals surface area contributed by atoms with E-state index in [1.807, 2.05) is 0 Å². The van der Waals surface area contributed by atoms with E-state index in [1.165, 1.54) is 25.8 Å². The predicted molar refractivity (Wildman–Crippen MR) is 109 cm³/mol. The topological polar surface area (TPSA) is 18.5 Å². The van der Waals surface area contributed by atoms with Crippen LogP contribution in [-0.2, 0) is 4.74 Å². The minimum atomic E-state index is -0.900. The summed E-state index contributed by atoms with van der Waals surface area (Å²) in [5.41, 5.74) is 0.393. The zero-order valence-corrected chi connectivity index (χ0v) is 17.6. The van der Waals surface area contributed by atoms with Gasteiger partial charge in [-0.1, -0.05) is 25.0 Å². The normalized spacial score (nSPS) is 28.4. The fourth-order valence-electron chi connectivity index (χ4n) is 4.88. The van der Waals surface area contributed by atoms with Gasteiger partial charge < -0.3 is 9.47 Å². The molecule has 0 radical (unpaired) electrons. The van der Waals surface area contributed by atoms with E-state index >= 15 is 0 Å². The van der Waals surface area contributed by atoms with Crippen LogP contribution >= 0.6 is 0 Å². The molecule has 3 rings (SSSR count). The van der Waals surface area contributed by atoms with Gasteiger partial charge in [-0.3, -0.25) is 0 Å². The van der Waals surface area contributed by atoms with Crippen LogP contribution in [0.25, 0.3) is 0 Å². The maximum Gasteiger partial charge on any atom is 0.200 e. The third kappa shape index (κ3) is 5.78. The molecule has 2 nitrogen and oxygen atoms in total. The number of hydrogen-bond acceptors (Lipinski definition) is 2. The molecule has 2 fully saturated rings. The molecule has 1 aliphatic heterocycles. The average Bonchev–Trinajstić information content (AvgIpc) is 2.72. The van der Waals surface area contributed by atoms with Crippen molar-refractivity contribution in [2.24, 2.45) is 11.8 Å². The molecule has 0 aromatic heterocycles. The second-order valence-electron chi connectivity index (χ2n) is 8.51. The molecule has 1 aromatic carbocycles. The first kappa shape index (κ1) is 22.2. The molecule has 2 unspecified atom stereocenters. The van der Waals surface area contributed by atoms with E-state index in [9.17, 15) is 13.2 Å². The van der Waals surface area contributed by atoms with E-state index < -0.39 is 11.6 Å². The van der Waals surface area contributed by atoms with Crippen molar-refractivity contribution < 1.29 is 22.6 Å². The molecule has 0 N–H and O–H groups in total. The Morgan fingerprint density at radius 1 is 1.10 bits per heavy atom. The van der Waals surface area contributed by atoms with Crippen LogP contribution in [0.2, 0.25) is 0 Å². The van der Waals surface area contributed by atoms with Gasteiger partial charge in [-0.2, -0.15) is 4.39 Å². The maximum atomic E-state index is 14.5. The van der Waals surface area contributed by atoms with Crippen molar-refractivity contribution >= 4 is 0 Å². The summed E-state index contributed by atoms with van der Waals surface area (Å²) in [4.78, 5) is 0. The lowest BCUT2D eigenvalue weighted by Crippen LogP contribution is -2.33. The molecule has 162 valence electrons. The Balaban J connectivity index is 1.48. The summed E-state index contributed by atoms with van der Waals surface area (Å²) in [5.74, 6) is -0.705. The fourth-order valence-corrected chi connectivity index (χ4v) is 4.88. The average molecular weight is 411 g/mol. The lowest BCUT2D eigenvalue weighted by molar-refractivity contribution is -0.0440. The Bertz CT molecular complexity index is 684. The molecule has 0 bridgehead atoms. The maximum absolute atomic E-state index is 14.5. The zero-order valence-electron chi connectivity index (χ0n) is 17.6. The van der Waals surface area contributed by atoms with Gasteiger partial charge in [0.05, 0.1) is 25.1 Å². The number of ether oxygens (including phenoxy) is 2. The van der Waals surface area contributed by atoms with Crippen LogP contribution in [0.3, 0.4) is 0 Å². The number of benzene rings is 1. The smallest absolute Gasteiger partial charge is 0.200 e. The van der Waals surface area contributed by atoms with Crippen molar-refractivity contribution in [3.8, 4) is 5.75 Å². The van der Waals surface area contributed by atoms with Crippen molar-refractivity contribution in [3.05, 3.63) is 41.2 Å². The van der Waals surface area contributed by atoms with Gasteiger partial charge >= 0.3 is 0 Å². The largest absolute Gasteiger partial charge is 0.491 e.